The predicted molar refractivity (Wildman–Crippen MR) is 88.1 cm³/mol. The van der Waals surface area contributed by atoms with E-state index in [0.29, 0.717) is 0 Å². The van der Waals surface area contributed by atoms with Gasteiger partial charge in [0.2, 0.25) is 27.7 Å². The Labute approximate surface area is 149 Å². The van der Waals surface area contributed by atoms with Crippen molar-refractivity contribution in [3.8, 4) is 0 Å². The SMILES string of the molecule is O=C(CNS(=O)(=O)c1cccc(Cl)c1)N1CC(N2C(=O)CCC2=O)C1. The minimum Gasteiger partial charge on any atom is -0.337 e. The van der Waals surface area contributed by atoms with Crippen LogP contribution in [0, 0.1) is 0 Å². The smallest absolute Gasteiger partial charge is 0.241 e. The molecular formula is C15H16ClN3O5S. The summed E-state index contributed by atoms with van der Waals surface area (Å²) in [6.07, 6.45) is 0.422. The number of hydrogen-bond donors (Lipinski definition) is 1. The second kappa shape index (κ2) is 6.74. The number of nitrogens with zero attached hydrogens (tertiary/aromatic N) is 2. The normalized spacial score (nSPS) is 18.6. The van der Waals surface area contributed by atoms with Crippen molar-refractivity contribution in [3.05, 3.63) is 29.3 Å². The van der Waals surface area contributed by atoms with E-state index in [0.717, 1.165) is 0 Å². The van der Waals surface area contributed by atoms with Gasteiger partial charge in [0.25, 0.3) is 0 Å². The van der Waals surface area contributed by atoms with E-state index in [1.807, 2.05) is 0 Å². The molecule has 2 saturated heterocycles. The van der Waals surface area contributed by atoms with E-state index in [2.05, 4.69) is 4.72 Å². The third-order valence-electron chi connectivity index (χ3n) is 4.19. The molecule has 2 aliphatic heterocycles. The van der Waals surface area contributed by atoms with Gasteiger partial charge in [-0.3, -0.25) is 19.3 Å². The number of benzene rings is 1. The van der Waals surface area contributed by atoms with Crippen molar-refractivity contribution in [2.24, 2.45) is 0 Å². The Balaban J connectivity index is 1.52. The first-order valence-electron chi connectivity index (χ1n) is 7.66. The van der Waals surface area contributed by atoms with Gasteiger partial charge in [-0.15, -0.1) is 0 Å². The van der Waals surface area contributed by atoms with Crippen LogP contribution < -0.4 is 4.72 Å². The first-order valence-corrected chi connectivity index (χ1v) is 9.52. The van der Waals surface area contributed by atoms with Crippen molar-refractivity contribution < 1.29 is 22.8 Å². The van der Waals surface area contributed by atoms with E-state index in [9.17, 15) is 22.8 Å². The molecule has 0 spiro atoms. The molecule has 0 bridgehead atoms. The molecule has 3 amide bonds. The van der Waals surface area contributed by atoms with E-state index in [-0.39, 0.29) is 53.7 Å². The topological polar surface area (TPSA) is 104 Å². The van der Waals surface area contributed by atoms with E-state index in [4.69, 9.17) is 11.6 Å². The van der Waals surface area contributed by atoms with Gasteiger partial charge >= 0.3 is 0 Å². The predicted octanol–water partition coefficient (Wildman–Crippen LogP) is -0.0219. The van der Waals surface area contributed by atoms with Crippen LogP contribution in [0.5, 0.6) is 0 Å². The monoisotopic (exact) mass is 385 g/mol. The van der Waals surface area contributed by atoms with Gasteiger partial charge in [0.15, 0.2) is 0 Å². The summed E-state index contributed by atoms with van der Waals surface area (Å²) < 4.78 is 26.5. The van der Waals surface area contributed by atoms with Gasteiger partial charge in [0, 0.05) is 31.0 Å². The molecule has 0 aliphatic carbocycles. The Hall–Kier alpha value is -1.97. The lowest BCUT2D eigenvalue weighted by molar-refractivity contribution is -0.151. The molecule has 1 N–H and O–H groups in total. The van der Waals surface area contributed by atoms with Crippen molar-refractivity contribution in [2.75, 3.05) is 19.6 Å². The van der Waals surface area contributed by atoms with Crippen LogP contribution in [0.3, 0.4) is 0 Å². The van der Waals surface area contributed by atoms with Gasteiger partial charge in [-0.2, -0.15) is 0 Å². The second-order valence-corrected chi connectivity index (χ2v) is 8.10. The fourth-order valence-electron chi connectivity index (χ4n) is 2.81. The van der Waals surface area contributed by atoms with Crippen molar-refractivity contribution in [3.63, 3.8) is 0 Å². The Bertz CT molecular complexity index is 819. The highest BCUT2D eigenvalue weighted by Gasteiger charge is 2.42. The lowest BCUT2D eigenvalue weighted by Gasteiger charge is -2.43. The summed E-state index contributed by atoms with van der Waals surface area (Å²) >= 11 is 5.77. The molecule has 10 heteroatoms. The number of carbonyl (C=O) groups excluding carboxylic acids is 3. The molecule has 25 heavy (non-hydrogen) atoms. The summed E-state index contributed by atoms with van der Waals surface area (Å²) in [4.78, 5) is 37.9. The number of halogens is 1. The molecule has 0 unspecified atom stereocenters. The van der Waals surface area contributed by atoms with Crippen molar-refractivity contribution in [1.82, 2.24) is 14.5 Å². The molecule has 0 aromatic heterocycles. The number of carbonyl (C=O) groups is 3. The lowest BCUT2D eigenvalue weighted by Crippen LogP contribution is -2.63. The van der Waals surface area contributed by atoms with Crippen LogP contribution in [0.4, 0.5) is 0 Å². The van der Waals surface area contributed by atoms with Crippen molar-refractivity contribution in [2.45, 2.75) is 23.8 Å². The Morgan fingerprint density at radius 2 is 1.84 bits per heavy atom. The molecule has 0 atom stereocenters. The molecule has 1 aromatic carbocycles. The molecule has 134 valence electrons. The second-order valence-electron chi connectivity index (χ2n) is 5.89. The van der Waals surface area contributed by atoms with Crippen LogP contribution in [-0.4, -0.2) is 61.6 Å². The maximum absolute atomic E-state index is 12.1. The van der Waals surface area contributed by atoms with Crippen LogP contribution >= 0.6 is 11.6 Å². The summed E-state index contributed by atoms with van der Waals surface area (Å²) in [5.41, 5.74) is 0. The van der Waals surface area contributed by atoms with E-state index in [1.165, 1.54) is 28.0 Å². The van der Waals surface area contributed by atoms with Crippen LogP contribution in [-0.2, 0) is 24.4 Å². The maximum atomic E-state index is 12.1. The largest absolute Gasteiger partial charge is 0.337 e. The fourth-order valence-corrected chi connectivity index (χ4v) is 4.08. The number of rotatable bonds is 5. The zero-order valence-electron chi connectivity index (χ0n) is 13.1. The lowest BCUT2D eigenvalue weighted by atomic mass is 10.1. The van der Waals surface area contributed by atoms with Crippen LogP contribution in [0.1, 0.15) is 12.8 Å². The molecule has 0 radical (unpaired) electrons. The van der Waals surface area contributed by atoms with Crippen molar-refractivity contribution in [1.29, 1.82) is 0 Å². The first-order chi connectivity index (χ1) is 11.8. The Kier molecular flexibility index (Phi) is 4.81. The third kappa shape index (κ3) is 3.68. The summed E-state index contributed by atoms with van der Waals surface area (Å²) in [5.74, 6) is -0.853. The Morgan fingerprint density at radius 3 is 2.44 bits per heavy atom. The average molecular weight is 386 g/mol. The number of nitrogens with one attached hydrogen (secondary N) is 1. The van der Waals surface area contributed by atoms with Gasteiger partial charge in [-0.25, -0.2) is 13.1 Å². The fraction of sp³-hybridized carbons (Fsp3) is 0.400. The van der Waals surface area contributed by atoms with Gasteiger partial charge < -0.3 is 4.90 Å². The number of likely N-dealkylation sites (tertiary alicyclic amines) is 2. The number of hydrogen-bond acceptors (Lipinski definition) is 5. The number of imide groups is 1. The van der Waals surface area contributed by atoms with Crippen molar-refractivity contribution >= 4 is 39.3 Å². The molecule has 2 fully saturated rings. The first kappa shape index (κ1) is 17.8. The van der Waals surface area contributed by atoms with Crippen LogP contribution in [0.25, 0.3) is 0 Å². The summed E-state index contributed by atoms with van der Waals surface area (Å²) in [7, 11) is -3.84. The van der Waals surface area contributed by atoms with Crippen LogP contribution in [0.2, 0.25) is 5.02 Å². The highest BCUT2D eigenvalue weighted by Crippen LogP contribution is 2.22. The van der Waals surface area contributed by atoms with Crippen LogP contribution in [0.15, 0.2) is 29.2 Å². The number of sulfonamides is 1. The molecule has 1 aromatic rings. The average Bonchev–Trinajstić information content (AvgIpc) is 2.84. The Morgan fingerprint density at radius 1 is 1.20 bits per heavy atom. The minimum absolute atomic E-state index is 0.0254. The molecule has 0 saturated carbocycles. The molecule has 2 heterocycles. The quantitative estimate of drug-likeness (QED) is 0.717. The summed E-state index contributed by atoms with van der Waals surface area (Å²) in [5, 5.41) is 0.278. The number of amides is 3. The van der Waals surface area contributed by atoms with Gasteiger partial charge in [0.1, 0.15) is 0 Å². The van der Waals surface area contributed by atoms with Gasteiger partial charge in [-0.05, 0) is 18.2 Å². The molecular weight excluding hydrogens is 370 g/mol. The maximum Gasteiger partial charge on any atom is 0.241 e. The summed E-state index contributed by atoms with van der Waals surface area (Å²) in [6.45, 7) is 0.0634. The van der Waals surface area contributed by atoms with Gasteiger partial charge in [-0.1, -0.05) is 17.7 Å². The standard InChI is InChI=1S/C15H16ClN3O5S/c16-10-2-1-3-12(6-10)25(23,24)17-7-15(22)18-8-11(9-18)19-13(20)4-5-14(19)21/h1-3,6,11,17H,4-5,7-9H2. The molecule has 3 rings (SSSR count). The van der Waals surface area contributed by atoms with E-state index >= 15 is 0 Å². The van der Waals surface area contributed by atoms with E-state index < -0.39 is 22.5 Å². The molecule has 2 aliphatic rings. The molecule has 8 nitrogen and oxygen atoms in total. The van der Waals surface area contributed by atoms with Gasteiger partial charge in [0.05, 0.1) is 17.5 Å². The summed E-state index contributed by atoms with van der Waals surface area (Å²) in [6, 6.07) is 5.41. The third-order valence-corrected chi connectivity index (χ3v) is 5.82. The highest BCUT2D eigenvalue weighted by molar-refractivity contribution is 7.89. The minimum atomic E-state index is -3.84. The zero-order valence-corrected chi connectivity index (χ0v) is 14.7. The van der Waals surface area contributed by atoms with E-state index in [1.54, 1.807) is 6.07 Å². The zero-order chi connectivity index (χ0) is 18.2. The highest BCUT2D eigenvalue weighted by atomic mass is 35.5.